The van der Waals surface area contributed by atoms with Crippen molar-refractivity contribution < 1.29 is 48.9 Å². The third kappa shape index (κ3) is 4.99. The number of hydrogen-bond acceptors (Lipinski definition) is 9. The smallest absolute Gasteiger partial charge is 0.545 e. The fourth-order valence-corrected chi connectivity index (χ4v) is 3.94. The van der Waals surface area contributed by atoms with Crippen molar-refractivity contribution in [2.24, 2.45) is 0 Å². The number of aromatic carboxylic acids is 1. The van der Waals surface area contributed by atoms with Crippen LogP contribution in [-0.4, -0.2) is 35.1 Å². The number of pyridine rings is 1. The molecule has 0 aliphatic heterocycles. The van der Waals surface area contributed by atoms with E-state index in [-0.39, 0.29) is 45.3 Å². The number of carbonyl (C=O) groups is 1. The maximum atomic E-state index is 11.8. The fraction of sp³-hybridized carbons (Fsp3) is 0.176. The van der Waals surface area contributed by atoms with Crippen molar-refractivity contribution in [1.29, 1.82) is 0 Å². The summed E-state index contributed by atoms with van der Waals surface area (Å²) in [5.74, 6) is -0.695. The van der Waals surface area contributed by atoms with Gasteiger partial charge in [-0.25, -0.2) is 4.98 Å². The summed E-state index contributed by atoms with van der Waals surface area (Å²) in [4.78, 5) is 25.4. The normalized spacial score (nSPS) is 10.2. The summed E-state index contributed by atoms with van der Waals surface area (Å²) in [5, 5.41) is 14.2. The SMILES string of the molecule is COc1cc(OC)nc(Sc2nc(C)cc(-c3cccs3)c2C(=O)[O-])n1.[Na+]. The Morgan fingerprint density at radius 2 is 1.81 bits per heavy atom. The fourth-order valence-electron chi connectivity index (χ4n) is 2.27. The molecule has 27 heavy (non-hydrogen) atoms. The minimum absolute atomic E-state index is 0. The van der Waals surface area contributed by atoms with Gasteiger partial charge in [-0.15, -0.1) is 11.3 Å². The molecular formula is C17H14N3NaO4S2. The van der Waals surface area contributed by atoms with Gasteiger partial charge in [0.05, 0.1) is 26.3 Å². The van der Waals surface area contributed by atoms with Crippen LogP contribution in [0, 0.1) is 6.92 Å². The first-order chi connectivity index (χ1) is 12.5. The molecule has 0 saturated carbocycles. The van der Waals surface area contributed by atoms with Gasteiger partial charge >= 0.3 is 29.6 Å². The zero-order valence-corrected chi connectivity index (χ0v) is 18.8. The van der Waals surface area contributed by atoms with E-state index in [1.165, 1.54) is 31.6 Å². The van der Waals surface area contributed by atoms with E-state index >= 15 is 0 Å². The van der Waals surface area contributed by atoms with E-state index in [1.807, 2.05) is 17.5 Å². The Labute approximate surface area is 186 Å². The quantitative estimate of drug-likeness (QED) is 0.394. The van der Waals surface area contributed by atoms with Crippen LogP contribution in [0.4, 0.5) is 0 Å². The van der Waals surface area contributed by atoms with Crippen LogP contribution in [0.2, 0.25) is 0 Å². The van der Waals surface area contributed by atoms with Crippen molar-refractivity contribution in [3.8, 4) is 22.2 Å². The molecule has 0 unspecified atom stereocenters. The van der Waals surface area contributed by atoms with E-state index in [4.69, 9.17) is 9.47 Å². The minimum atomic E-state index is -1.31. The van der Waals surface area contributed by atoms with Crippen molar-refractivity contribution in [2.75, 3.05) is 14.2 Å². The molecule has 0 spiro atoms. The molecule has 0 aliphatic carbocycles. The second kappa shape index (κ2) is 9.52. The molecule has 7 nitrogen and oxygen atoms in total. The third-order valence-electron chi connectivity index (χ3n) is 3.37. The predicted molar refractivity (Wildman–Crippen MR) is 95.9 cm³/mol. The zero-order valence-electron chi connectivity index (χ0n) is 15.2. The van der Waals surface area contributed by atoms with E-state index in [2.05, 4.69) is 15.0 Å². The molecule has 0 fully saturated rings. The number of carboxylic acid groups (broad SMARTS) is 1. The van der Waals surface area contributed by atoms with Crippen molar-refractivity contribution >= 4 is 29.1 Å². The van der Waals surface area contributed by atoms with Crippen molar-refractivity contribution in [1.82, 2.24) is 15.0 Å². The first kappa shape index (κ1) is 21.6. The Morgan fingerprint density at radius 1 is 1.15 bits per heavy atom. The maximum Gasteiger partial charge on any atom is 1.00 e. The van der Waals surface area contributed by atoms with Gasteiger partial charge in [0.2, 0.25) is 16.9 Å². The summed E-state index contributed by atoms with van der Waals surface area (Å²) in [6.45, 7) is 1.80. The van der Waals surface area contributed by atoms with E-state index in [1.54, 1.807) is 13.0 Å². The van der Waals surface area contributed by atoms with Gasteiger partial charge in [0.15, 0.2) is 0 Å². The van der Waals surface area contributed by atoms with E-state index < -0.39 is 5.97 Å². The van der Waals surface area contributed by atoms with Crippen LogP contribution < -0.4 is 44.1 Å². The van der Waals surface area contributed by atoms with Crippen LogP contribution in [0.1, 0.15) is 16.1 Å². The number of thiophene rings is 1. The van der Waals surface area contributed by atoms with Gasteiger partial charge in [-0.1, -0.05) is 6.07 Å². The first-order valence-electron chi connectivity index (χ1n) is 7.43. The Kier molecular flexibility index (Phi) is 7.63. The topological polar surface area (TPSA) is 97.3 Å². The molecule has 134 valence electrons. The number of carbonyl (C=O) groups excluding carboxylic acids is 1. The Hall–Kier alpha value is -1.65. The molecule has 0 atom stereocenters. The van der Waals surface area contributed by atoms with Crippen molar-refractivity contribution in [3.63, 3.8) is 0 Å². The largest absolute Gasteiger partial charge is 1.00 e. The molecule has 0 bridgehead atoms. The second-order valence-corrected chi connectivity index (χ2v) is 7.00. The van der Waals surface area contributed by atoms with E-state index in [9.17, 15) is 9.90 Å². The monoisotopic (exact) mass is 411 g/mol. The van der Waals surface area contributed by atoms with Crippen LogP contribution in [0.3, 0.4) is 0 Å². The van der Waals surface area contributed by atoms with E-state index in [0.29, 0.717) is 23.0 Å². The summed E-state index contributed by atoms with van der Waals surface area (Å²) in [6, 6.07) is 6.97. The zero-order chi connectivity index (χ0) is 18.7. The average Bonchev–Trinajstić information content (AvgIpc) is 3.15. The third-order valence-corrected chi connectivity index (χ3v) is 5.13. The first-order valence-corrected chi connectivity index (χ1v) is 9.13. The number of aromatic nitrogens is 3. The maximum absolute atomic E-state index is 11.8. The van der Waals surface area contributed by atoms with Gasteiger partial charge in [0, 0.05) is 21.7 Å². The number of methoxy groups -OCH3 is 2. The van der Waals surface area contributed by atoms with E-state index in [0.717, 1.165) is 16.6 Å². The molecular weight excluding hydrogens is 397 g/mol. The van der Waals surface area contributed by atoms with Gasteiger partial charge in [-0.3, -0.25) is 0 Å². The molecule has 3 aromatic heterocycles. The molecule has 0 aromatic carbocycles. The van der Waals surface area contributed by atoms with Crippen molar-refractivity contribution in [3.05, 3.63) is 40.9 Å². The van der Waals surface area contributed by atoms with Crippen LogP contribution in [0.15, 0.2) is 39.8 Å². The molecule has 3 rings (SSSR count). The molecule has 0 N–H and O–H groups in total. The van der Waals surface area contributed by atoms with Gasteiger partial charge in [-0.2, -0.15) is 9.97 Å². The van der Waals surface area contributed by atoms with Gasteiger partial charge in [0.25, 0.3) is 0 Å². The standard InChI is InChI=1S/C17H15N3O4S2.Na/c1-9-7-10(11-5-4-6-25-11)14(16(21)22)15(18-9)26-17-19-12(23-2)8-13(20-17)24-3;/h4-8H,1-3H3,(H,21,22);/q;+1/p-1. The molecule has 0 radical (unpaired) electrons. The summed E-state index contributed by atoms with van der Waals surface area (Å²) in [6.07, 6.45) is 0. The predicted octanol–water partition coefficient (Wildman–Crippen LogP) is -0.556. The molecule has 3 heterocycles. The van der Waals surface area contributed by atoms with Crippen LogP contribution >= 0.6 is 23.1 Å². The Balaban J connectivity index is 0.00000261. The number of ether oxygens (including phenoxy) is 2. The number of rotatable bonds is 6. The average molecular weight is 411 g/mol. The number of aryl methyl sites for hydroxylation is 1. The van der Waals surface area contributed by atoms with Crippen LogP contribution in [0.25, 0.3) is 10.4 Å². The van der Waals surface area contributed by atoms with Gasteiger partial charge in [0.1, 0.15) is 5.03 Å². The number of nitrogens with zero attached hydrogens (tertiary/aromatic N) is 3. The van der Waals surface area contributed by atoms with Crippen LogP contribution in [0.5, 0.6) is 11.8 Å². The van der Waals surface area contributed by atoms with Crippen LogP contribution in [-0.2, 0) is 0 Å². The minimum Gasteiger partial charge on any atom is -0.545 e. The Morgan fingerprint density at radius 3 is 2.33 bits per heavy atom. The van der Waals surface area contributed by atoms with Gasteiger partial charge < -0.3 is 19.4 Å². The molecule has 10 heteroatoms. The summed E-state index contributed by atoms with van der Waals surface area (Å²) in [5.41, 5.74) is 1.24. The Bertz CT molecular complexity index is 929. The summed E-state index contributed by atoms with van der Waals surface area (Å²) >= 11 is 2.46. The second-order valence-electron chi connectivity index (χ2n) is 5.09. The molecule has 0 aliphatic rings. The number of hydrogen-bond donors (Lipinski definition) is 0. The number of carboxylic acids is 1. The summed E-state index contributed by atoms with van der Waals surface area (Å²) in [7, 11) is 2.95. The molecule has 3 aromatic rings. The van der Waals surface area contributed by atoms with Gasteiger partial charge in [-0.05, 0) is 36.2 Å². The van der Waals surface area contributed by atoms with Crippen molar-refractivity contribution in [2.45, 2.75) is 17.1 Å². The summed E-state index contributed by atoms with van der Waals surface area (Å²) < 4.78 is 10.3. The molecule has 0 saturated heterocycles. The molecule has 0 amide bonds.